The molecule has 168 valence electrons. The van der Waals surface area contributed by atoms with Gasteiger partial charge in [-0.2, -0.15) is 0 Å². The SMILES string of the molecule is CC(C)c1ccccc1-c1nc(NCC2CCN(c3cccnc3)CC2)c2ccccc2n1. The predicted octanol–water partition coefficient (Wildman–Crippen LogP) is 6.14. The second-order valence-electron chi connectivity index (χ2n) is 9.18. The average molecular weight is 438 g/mol. The topological polar surface area (TPSA) is 53.9 Å². The van der Waals surface area contributed by atoms with E-state index in [1.807, 2.05) is 24.5 Å². The molecule has 5 rings (SSSR count). The first kappa shape index (κ1) is 21.4. The van der Waals surface area contributed by atoms with E-state index in [9.17, 15) is 0 Å². The van der Waals surface area contributed by atoms with E-state index in [4.69, 9.17) is 9.97 Å². The van der Waals surface area contributed by atoms with Gasteiger partial charge in [-0.25, -0.2) is 9.97 Å². The molecule has 1 fully saturated rings. The molecule has 33 heavy (non-hydrogen) atoms. The summed E-state index contributed by atoms with van der Waals surface area (Å²) in [6, 6.07) is 20.9. The summed E-state index contributed by atoms with van der Waals surface area (Å²) in [5, 5.41) is 4.77. The molecule has 1 saturated heterocycles. The molecule has 1 aliphatic rings. The van der Waals surface area contributed by atoms with Gasteiger partial charge in [0.05, 0.1) is 17.4 Å². The molecule has 0 radical (unpaired) electrons. The third-order valence-corrected chi connectivity index (χ3v) is 6.61. The van der Waals surface area contributed by atoms with Gasteiger partial charge in [-0.1, -0.05) is 50.2 Å². The number of para-hydroxylation sites is 1. The molecule has 0 bridgehead atoms. The first-order valence-corrected chi connectivity index (χ1v) is 11.9. The van der Waals surface area contributed by atoms with E-state index in [0.29, 0.717) is 11.8 Å². The van der Waals surface area contributed by atoms with Crippen molar-refractivity contribution in [1.29, 1.82) is 0 Å². The van der Waals surface area contributed by atoms with E-state index in [2.05, 4.69) is 77.6 Å². The minimum Gasteiger partial charge on any atom is -0.370 e. The molecule has 1 aliphatic heterocycles. The summed E-state index contributed by atoms with van der Waals surface area (Å²) in [5.41, 5.74) is 4.60. The zero-order valence-electron chi connectivity index (χ0n) is 19.4. The van der Waals surface area contributed by atoms with Crippen molar-refractivity contribution in [1.82, 2.24) is 15.0 Å². The van der Waals surface area contributed by atoms with Crippen LogP contribution in [0.25, 0.3) is 22.3 Å². The Labute approximate surface area is 195 Å². The van der Waals surface area contributed by atoms with Crippen LogP contribution in [0.1, 0.15) is 38.2 Å². The maximum Gasteiger partial charge on any atom is 0.162 e. The standard InChI is InChI=1S/C28H31N5/c1-20(2)23-9-3-4-10-24(23)28-31-26-12-6-5-11-25(26)27(32-28)30-18-21-13-16-33(17-14-21)22-8-7-15-29-19-22/h3-12,15,19-21H,13-14,16-18H2,1-2H3,(H,30,31,32). The second kappa shape index (κ2) is 9.57. The van der Waals surface area contributed by atoms with Crippen LogP contribution in [0, 0.1) is 5.92 Å². The Morgan fingerprint density at radius 1 is 0.939 bits per heavy atom. The Morgan fingerprint density at radius 3 is 2.52 bits per heavy atom. The Kier molecular flexibility index (Phi) is 6.20. The monoisotopic (exact) mass is 437 g/mol. The summed E-state index contributed by atoms with van der Waals surface area (Å²) < 4.78 is 0. The first-order valence-electron chi connectivity index (χ1n) is 11.9. The number of hydrogen-bond donors (Lipinski definition) is 1. The quantitative estimate of drug-likeness (QED) is 0.392. The average Bonchev–Trinajstić information content (AvgIpc) is 2.88. The van der Waals surface area contributed by atoms with Gasteiger partial charge in [0.15, 0.2) is 5.82 Å². The van der Waals surface area contributed by atoms with Crippen LogP contribution in [0.3, 0.4) is 0 Å². The molecule has 1 N–H and O–H groups in total. The van der Waals surface area contributed by atoms with Gasteiger partial charge in [0.25, 0.3) is 0 Å². The molecule has 0 saturated carbocycles. The van der Waals surface area contributed by atoms with Crippen LogP contribution in [-0.4, -0.2) is 34.6 Å². The molecule has 5 heteroatoms. The lowest BCUT2D eigenvalue weighted by Gasteiger charge is -2.33. The highest BCUT2D eigenvalue weighted by Gasteiger charge is 2.20. The van der Waals surface area contributed by atoms with Gasteiger partial charge < -0.3 is 10.2 Å². The highest BCUT2D eigenvalue weighted by molar-refractivity contribution is 5.90. The van der Waals surface area contributed by atoms with E-state index < -0.39 is 0 Å². The highest BCUT2D eigenvalue weighted by atomic mass is 15.1. The number of rotatable bonds is 6. The van der Waals surface area contributed by atoms with Gasteiger partial charge in [-0.15, -0.1) is 0 Å². The third-order valence-electron chi connectivity index (χ3n) is 6.61. The fourth-order valence-electron chi connectivity index (χ4n) is 4.71. The van der Waals surface area contributed by atoms with Crippen molar-refractivity contribution in [3.05, 3.63) is 78.6 Å². The van der Waals surface area contributed by atoms with Gasteiger partial charge in [-0.05, 0) is 54.5 Å². The summed E-state index contributed by atoms with van der Waals surface area (Å²) in [6.45, 7) is 7.49. The first-order chi connectivity index (χ1) is 16.2. The zero-order valence-corrected chi connectivity index (χ0v) is 19.4. The van der Waals surface area contributed by atoms with Gasteiger partial charge in [0, 0.05) is 36.8 Å². The number of nitrogens with one attached hydrogen (secondary N) is 1. The van der Waals surface area contributed by atoms with Crippen LogP contribution < -0.4 is 10.2 Å². The molecule has 2 aromatic carbocycles. The number of nitrogens with zero attached hydrogens (tertiary/aromatic N) is 4. The molecule has 2 aromatic heterocycles. The van der Waals surface area contributed by atoms with Crippen LogP contribution in [0.15, 0.2) is 73.1 Å². The smallest absolute Gasteiger partial charge is 0.162 e. The Hall–Kier alpha value is -3.47. The Morgan fingerprint density at radius 2 is 1.73 bits per heavy atom. The van der Waals surface area contributed by atoms with Crippen molar-refractivity contribution < 1.29 is 0 Å². The number of pyridine rings is 1. The number of benzene rings is 2. The molecule has 0 spiro atoms. The van der Waals surface area contributed by atoms with Gasteiger partial charge in [-0.3, -0.25) is 4.98 Å². The summed E-state index contributed by atoms with van der Waals surface area (Å²) >= 11 is 0. The zero-order chi connectivity index (χ0) is 22.6. The van der Waals surface area contributed by atoms with Gasteiger partial charge in [0.1, 0.15) is 5.82 Å². The number of piperidine rings is 1. The molecule has 3 heterocycles. The Bertz CT molecular complexity index is 1210. The molecule has 5 nitrogen and oxygen atoms in total. The molecule has 4 aromatic rings. The predicted molar refractivity (Wildman–Crippen MR) is 137 cm³/mol. The number of aromatic nitrogens is 3. The van der Waals surface area contributed by atoms with Crippen molar-refractivity contribution in [3.63, 3.8) is 0 Å². The normalized spacial score (nSPS) is 14.7. The van der Waals surface area contributed by atoms with Crippen LogP contribution in [0.4, 0.5) is 11.5 Å². The molecular formula is C28H31N5. The number of fused-ring (bicyclic) bond motifs is 1. The summed E-state index contributed by atoms with van der Waals surface area (Å²) in [7, 11) is 0. The van der Waals surface area contributed by atoms with Gasteiger partial charge in [0.2, 0.25) is 0 Å². The molecule has 0 atom stereocenters. The summed E-state index contributed by atoms with van der Waals surface area (Å²) in [4.78, 5) is 16.6. The maximum absolute atomic E-state index is 5.02. The van der Waals surface area contributed by atoms with Crippen molar-refractivity contribution in [3.8, 4) is 11.4 Å². The molecule has 0 unspecified atom stereocenters. The van der Waals surface area contributed by atoms with E-state index in [0.717, 1.165) is 60.6 Å². The molecular weight excluding hydrogens is 406 g/mol. The number of hydrogen-bond acceptors (Lipinski definition) is 5. The lowest BCUT2D eigenvalue weighted by Crippen LogP contribution is -2.35. The van der Waals surface area contributed by atoms with Crippen molar-refractivity contribution in [2.45, 2.75) is 32.6 Å². The van der Waals surface area contributed by atoms with Crippen LogP contribution in [0.2, 0.25) is 0 Å². The fraction of sp³-hybridized carbons (Fsp3) is 0.321. The van der Waals surface area contributed by atoms with Crippen molar-refractivity contribution >= 4 is 22.4 Å². The van der Waals surface area contributed by atoms with Gasteiger partial charge >= 0.3 is 0 Å². The minimum absolute atomic E-state index is 0.415. The van der Waals surface area contributed by atoms with E-state index in [1.54, 1.807) is 0 Å². The van der Waals surface area contributed by atoms with Crippen LogP contribution in [-0.2, 0) is 0 Å². The second-order valence-corrected chi connectivity index (χ2v) is 9.18. The van der Waals surface area contributed by atoms with E-state index >= 15 is 0 Å². The summed E-state index contributed by atoms with van der Waals surface area (Å²) in [6.07, 6.45) is 6.12. The largest absolute Gasteiger partial charge is 0.370 e. The Balaban J connectivity index is 1.35. The third kappa shape index (κ3) is 4.68. The fourth-order valence-corrected chi connectivity index (χ4v) is 4.71. The minimum atomic E-state index is 0.415. The van der Waals surface area contributed by atoms with Crippen molar-refractivity contribution in [2.24, 2.45) is 5.92 Å². The lowest BCUT2D eigenvalue weighted by atomic mass is 9.96. The highest BCUT2D eigenvalue weighted by Crippen LogP contribution is 2.31. The van der Waals surface area contributed by atoms with Crippen LogP contribution >= 0.6 is 0 Å². The molecule has 0 aliphatic carbocycles. The number of anilines is 2. The summed E-state index contributed by atoms with van der Waals surface area (Å²) in [5.74, 6) is 2.77. The van der Waals surface area contributed by atoms with Crippen molar-refractivity contribution in [2.75, 3.05) is 29.9 Å². The molecule has 0 amide bonds. The maximum atomic E-state index is 5.02. The van der Waals surface area contributed by atoms with E-state index in [-0.39, 0.29) is 0 Å². The van der Waals surface area contributed by atoms with Crippen LogP contribution in [0.5, 0.6) is 0 Å². The lowest BCUT2D eigenvalue weighted by molar-refractivity contribution is 0.423. The van der Waals surface area contributed by atoms with E-state index in [1.165, 1.54) is 11.3 Å².